The summed E-state index contributed by atoms with van der Waals surface area (Å²) in [7, 11) is -3.83. The largest absolute Gasteiger partial charge is 0.464 e. The molecule has 2 saturated carbocycles. The number of rotatable bonds is 5. The van der Waals surface area contributed by atoms with Gasteiger partial charge in [-0.1, -0.05) is 18.6 Å². The number of ether oxygens (including phenoxy) is 1. The van der Waals surface area contributed by atoms with Gasteiger partial charge in [0.05, 0.1) is 12.1 Å². The van der Waals surface area contributed by atoms with E-state index in [1.807, 2.05) is 0 Å². The van der Waals surface area contributed by atoms with Crippen LogP contribution in [0.2, 0.25) is 0 Å². The quantitative estimate of drug-likeness (QED) is 0.749. The van der Waals surface area contributed by atoms with Crippen LogP contribution in [-0.4, -0.2) is 37.8 Å². The first-order valence-corrected chi connectivity index (χ1v) is 10.2. The molecule has 0 spiro atoms. The monoisotopic (exact) mass is 363 g/mol. The van der Waals surface area contributed by atoms with Crippen molar-refractivity contribution in [2.24, 2.45) is 17.8 Å². The molecule has 4 rings (SSSR count). The van der Waals surface area contributed by atoms with Crippen LogP contribution in [0.3, 0.4) is 0 Å². The smallest absolute Gasteiger partial charge is 0.306 e. The molecule has 2 aliphatic carbocycles. The van der Waals surface area contributed by atoms with Crippen LogP contribution in [0.15, 0.2) is 29.2 Å². The lowest BCUT2D eigenvalue weighted by molar-refractivity contribution is -0.145. The highest BCUT2D eigenvalue weighted by Crippen LogP contribution is 2.49. The third-order valence-corrected chi connectivity index (χ3v) is 7.62. The fraction of sp³-hybridized carbons (Fsp3) is 0.556. The Morgan fingerprint density at radius 1 is 1.20 bits per heavy atom. The van der Waals surface area contributed by atoms with Gasteiger partial charge in [-0.15, -0.1) is 0 Å². The van der Waals surface area contributed by atoms with Gasteiger partial charge >= 0.3 is 5.97 Å². The zero-order chi connectivity index (χ0) is 17.6. The Hall–Kier alpha value is -1.89. The summed E-state index contributed by atoms with van der Waals surface area (Å²) in [4.78, 5) is 24.3. The highest BCUT2D eigenvalue weighted by Gasteiger charge is 2.42. The van der Waals surface area contributed by atoms with E-state index in [9.17, 15) is 18.0 Å². The van der Waals surface area contributed by atoms with Crippen molar-refractivity contribution in [2.75, 3.05) is 13.2 Å². The molecule has 6 nitrogen and oxygen atoms in total. The Balaban J connectivity index is 1.32. The molecule has 3 atom stereocenters. The van der Waals surface area contributed by atoms with Crippen molar-refractivity contribution in [1.82, 2.24) is 4.31 Å². The molecule has 0 saturated heterocycles. The van der Waals surface area contributed by atoms with Gasteiger partial charge in [0, 0.05) is 6.42 Å². The van der Waals surface area contributed by atoms with Gasteiger partial charge < -0.3 is 4.74 Å². The summed E-state index contributed by atoms with van der Waals surface area (Å²) in [5, 5.41) is 0. The Morgan fingerprint density at radius 3 is 2.68 bits per heavy atom. The van der Waals surface area contributed by atoms with Crippen molar-refractivity contribution in [3.05, 3.63) is 29.8 Å². The molecule has 0 aromatic heterocycles. The molecule has 0 radical (unpaired) electrons. The maximum Gasteiger partial charge on any atom is 0.306 e. The summed E-state index contributed by atoms with van der Waals surface area (Å²) in [6, 6.07) is 6.13. The fourth-order valence-corrected chi connectivity index (χ4v) is 6.15. The summed E-state index contributed by atoms with van der Waals surface area (Å²) < 4.78 is 30.8. The van der Waals surface area contributed by atoms with Crippen LogP contribution in [0.25, 0.3) is 0 Å². The van der Waals surface area contributed by atoms with Crippen molar-refractivity contribution < 1.29 is 22.7 Å². The SMILES string of the molecule is O=C(C[C@H]1C[C@H]2CC[C@@H]1C2)OCCN1C(=O)c2ccccc2S1(=O)=O. The molecule has 134 valence electrons. The van der Waals surface area contributed by atoms with Crippen LogP contribution in [0.4, 0.5) is 0 Å². The molecule has 0 N–H and O–H groups in total. The number of hydrogen-bond donors (Lipinski definition) is 0. The normalized spacial score (nSPS) is 29.0. The molecule has 1 aliphatic heterocycles. The summed E-state index contributed by atoms with van der Waals surface area (Å²) in [6.07, 6.45) is 5.24. The molecule has 25 heavy (non-hydrogen) atoms. The second-order valence-electron chi connectivity index (χ2n) is 7.24. The average Bonchev–Trinajstić information content (AvgIpc) is 3.24. The van der Waals surface area contributed by atoms with Gasteiger partial charge in [-0.05, 0) is 49.1 Å². The lowest BCUT2D eigenvalue weighted by Gasteiger charge is -2.21. The maximum absolute atomic E-state index is 12.4. The number of hydrogen-bond acceptors (Lipinski definition) is 5. The molecule has 0 unspecified atom stereocenters. The van der Waals surface area contributed by atoms with E-state index in [0.717, 1.165) is 16.6 Å². The topological polar surface area (TPSA) is 80.8 Å². The second-order valence-corrected chi connectivity index (χ2v) is 9.07. The number of carbonyl (C=O) groups excluding carboxylic acids is 2. The van der Waals surface area contributed by atoms with Gasteiger partial charge in [0.1, 0.15) is 11.5 Å². The molecular formula is C18H21NO5S. The van der Waals surface area contributed by atoms with Gasteiger partial charge in [-0.25, -0.2) is 12.7 Å². The number of amides is 1. The minimum absolute atomic E-state index is 0.0216. The Labute approximate surface area is 147 Å². The third kappa shape index (κ3) is 2.84. The van der Waals surface area contributed by atoms with Crippen LogP contribution in [-0.2, 0) is 19.6 Å². The number of esters is 1. The van der Waals surface area contributed by atoms with Crippen molar-refractivity contribution >= 4 is 21.9 Å². The molecule has 1 heterocycles. The average molecular weight is 363 g/mol. The third-order valence-electron chi connectivity index (χ3n) is 5.78. The van der Waals surface area contributed by atoms with Gasteiger partial charge in [0.15, 0.2) is 0 Å². The Bertz CT molecular complexity index is 819. The molecule has 7 heteroatoms. The lowest BCUT2D eigenvalue weighted by Crippen LogP contribution is -2.33. The lowest BCUT2D eigenvalue weighted by atomic mass is 9.86. The molecule has 3 aliphatic rings. The molecule has 2 fully saturated rings. The van der Waals surface area contributed by atoms with Crippen molar-refractivity contribution in [1.29, 1.82) is 0 Å². The highest BCUT2D eigenvalue weighted by molar-refractivity contribution is 7.90. The number of nitrogens with zero attached hydrogens (tertiary/aromatic N) is 1. The van der Waals surface area contributed by atoms with E-state index in [-0.39, 0.29) is 29.6 Å². The fourth-order valence-electron chi connectivity index (χ4n) is 4.59. The van der Waals surface area contributed by atoms with Gasteiger partial charge in [0.2, 0.25) is 0 Å². The summed E-state index contributed by atoms with van der Waals surface area (Å²) in [5.41, 5.74) is 0.177. The van der Waals surface area contributed by atoms with Gasteiger partial charge in [-0.3, -0.25) is 9.59 Å². The number of benzene rings is 1. The van der Waals surface area contributed by atoms with E-state index in [2.05, 4.69) is 0 Å². The van der Waals surface area contributed by atoms with Gasteiger partial charge in [0.25, 0.3) is 15.9 Å². The van der Waals surface area contributed by atoms with Crippen LogP contribution in [0.1, 0.15) is 42.5 Å². The molecule has 1 aromatic carbocycles. The maximum atomic E-state index is 12.4. The van der Waals surface area contributed by atoms with E-state index in [4.69, 9.17) is 4.74 Å². The standard InChI is InChI=1S/C18H21NO5S/c20-17(11-14-10-12-5-6-13(14)9-12)24-8-7-19-18(21)15-3-1-2-4-16(15)25(19,22)23/h1-4,12-14H,5-11H2/t12-,13+,14+/m0/s1. The number of fused-ring (bicyclic) bond motifs is 3. The Kier molecular flexibility index (Phi) is 4.06. The predicted octanol–water partition coefficient (Wildman–Crippen LogP) is 2.20. The Morgan fingerprint density at radius 2 is 2.00 bits per heavy atom. The number of sulfonamides is 1. The van der Waals surface area contributed by atoms with E-state index in [0.29, 0.717) is 18.3 Å². The van der Waals surface area contributed by atoms with Gasteiger partial charge in [-0.2, -0.15) is 0 Å². The van der Waals surface area contributed by atoms with E-state index < -0.39 is 15.9 Å². The van der Waals surface area contributed by atoms with Crippen molar-refractivity contribution in [2.45, 2.75) is 37.0 Å². The van der Waals surface area contributed by atoms with Crippen molar-refractivity contribution in [3.8, 4) is 0 Å². The van der Waals surface area contributed by atoms with Crippen LogP contribution >= 0.6 is 0 Å². The summed E-state index contributed by atoms with van der Waals surface area (Å²) in [5.74, 6) is 0.979. The van der Waals surface area contributed by atoms with Crippen LogP contribution in [0.5, 0.6) is 0 Å². The number of carbonyl (C=O) groups is 2. The predicted molar refractivity (Wildman–Crippen MR) is 89.2 cm³/mol. The van der Waals surface area contributed by atoms with Crippen LogP contribution in [0, 0.1) is 17.8 Å². The zero-order valence-electron chi connectivity index (χ0n) is 13.9. The highest BCUT2D eigenvalue weighted by atomic mass is 32.2. The molecule has 2 bridgehead atoms. The molecular weight excluding hydrogens is 342 g/mol. The molecule has 1 amide bonds. The second kappa shape index (κ2) is 6.12. The van der Waals surface area contributed by atoms with Crippen molar-refractivity contribution in [3.63, 3.8) is 0 Å². The minimum Gasteiger partial charge on any atom is -0.464 e. The first-order chi connectivity index (χ1) is 12.0. The summed E-state index contributed by atoms with van der Waals surface area (Å²) >= 11 is 0. The zero-order valence-corrected chi connectivity index (χ0v) is 14.7. The van der Waals surface area contributed by atoms with E-state index >= 15 is 0 Å². The summed E-state index contributed by atoms with van der Waals surface area (Å²) in [6.45, 7) is -0.239. The minimum atomic E-state index is -3.83. The first kappa shape index (κ1) is 16.6. The van der Waals surface area contributed by atoms with Crippen LogP contribution < -0.4 is 0 Å². The molecule has 1 aromatic rings. The van der Waals surface area contributed by atoms with E-state index in [1.54, 1.807) is 12.1 Å². The van der Waals surface area contributed by atoms with E-state index in [1.165, 1.54) is 31.4 Å². The first-order valence-electron chi connectivity index (χ1n) is 8.78.